The van der Waals surface area contributed by atoms with E-state index in [1.54, 1.807) is 24.3 Å². The van der Waals surface area contributed by atoms with Gasteiger partial charge in [0, 0.05) is 17.8 Å². The van der Waals surface area contributed by atoms with Crippen LogP contribution in [-0.4, -0.2) is 45.1 Å². The number of thioether (sulfide) groups is 1. The Bertz CT molecular complexity index is 872. The average Bonchev–Trinajstić information content (AvgIpc) is 3.12. The molecule has 8 nitrogen and oxygen atoms in total. The van der Waals surface area contributed by atoms with Crippen molar-refractivity contribution in [3.05, 3.63) is 35.1 Å². The molecule has 1 aromatic heterocycles. The maximum absolute atomic E-state index is 12.6. The first-order valence-electron chi connectivity index (χ1n) is 7.94. The van der Waals surface area contributed by atoms with E-state index >= 15 is 0 Å². The third-order valence-corrected chi connectivity index (χ3v) is 8.24. The summed E-state index contributed by atoms with van der Waals surface area (Å²) >= 11 is 7.33. The van der Waals surface area contributed by atoms with Gasteiger partial charge in [-0.05, 0) is 42.9 Å². The number of nitrogens with one attached hydrogen (secondary N) is 1. The van der Waals surface area contributed by atoms with Crippen molar-refractivity contribution < 1.29 is 8.42 Å². The van der Waals surface area contributed by atoms with E-state index in [9.17, 15) is 8.42 Å². The van der Waals surface area contributed by atoms with Gasteiger partial charge in [0.25, 0.3) is 0 Å². The van der Waals surface area contributed by atoms with Crippen molar-refractivity contribution in [2.24, 2.45) is 0 Å². The van der Waals surface area contributed by atoms with Crippen LogP contribution in [0.15, 0.2) is 24.3 Å². The Morgan fingerprint density at radius 2 is 2.04 bits per heavy atom. The number of aromatic nitrogens is 3. The Morgan fingerprint density at radius 3 is 2.69 bits per heavy atom. The third kappa shape index (κ3) is 4.56. The molecule has 0 aliphatic carbocycles. The van der Waals surface area contributed by atoms with Crippen LogP contribution >= 0.6 is 23.4 Å². The van der Waals surface area contributed by atoms with E-state index in [1.807, 2.05) is 0 Å². The number of hydrogen-bond acceptors (Lipinski definition) is 8. The van der Waals surface area contributed by atoms with Crippen LogP contribution in [-0.2, 0) is 16.6 Å². The molecular formula is C15H19ClN6O2S2. The summed E-state index contributed by atoms with van der Waals surface area (Å²) in [5.74, 6) is 1.41. The minimum atomic E-state index is -3.41. The molecule has 1 aliphatic heterocycles. The van der Waals surface area contributed by atoms with E-state index in [1.165, 1.54) is 23.1 Å². The van der Waals surface area contributed by atoms with Gasteiger partial charge < -0.3 is 11.1 Å². The number of benzene rings is 1. The van der Waals surface area contributed by atoms with E-state index in [4.69, 9.17) is 17.3 Å². The quantitative estimate of drug-likeness (QED) is 0.740. The number of rotatable bonds is 6. The maximum atomic E-state index is 12.6. The second-order valence-electron chi connectivity index (χ2n) is 5.81. The summed E-state index contributed by atoms with van der Waals surface area (Å²) in [4.78, 5) is 12.4. The van der Waals surface area contributed by atoms with Crippen LogP contribution in [0.1, 0.15) is 18.7 Å². The summed E-state index contributed by atoms with van der Waals surface area (Å²) in [7, 11) is -1.88. The topological polar surface area (TPSA) is 114 Å². The minimum absolute atomic E-state index is 0.0208. The summed E-state index contributed by atoms with van der Waals surface area (Å²) in [6.45, 7) is 0.0292. The van der Waals surface area contributed by atoms with Crippen LogP contribution in [0.4, 0.5) is 17.6 Å². The second kappa shape index (κ2) is 7.95. The van der Waals surface area contributed by atoms with Crippen molar-refractivity contribution in [3.8, 4) is 0 Å². The molecule has 1 atom stereocenters. The van der Waals surface area contributed by atoms with Crippen LogP contribution < -0.4 is 11.1 Å². The number of nitrogens with two attached hydrogens (primary N) is 1. The largest absolute Gasteiger partial charge is 0.368 e. The fraction of sp³-hybridized carbons (Fsp3) is 0.400. The summed E-state index contributed by atoms with van der Waals surface area (Å²) < 4.78 is 26.1. The van der Waals surface area contributed by atoms with Crippen molar-refractivity contribution in [2.45, 2.75) is 24.0 Å². The lowest BCUT2D eigenvalue weighted by molar-refractivity contribution is 0.453. The highest BCUT2D eigenvalue weighted by molar-refractivity contribution is 8.12. The molecular weight excluding hydrogens is 396 g/mol. The Morgan fingerprint density at radius 1 is 1.31 bits per heavy atom. The Kier molecular flexibility index (Phi) is 5.86. The third-order valence-electron chi connectivity index (χ3n) is 3.82. The zero-order valence-electron chi connectivity index (χ0n) is 14.1. The molecule has 1 saturated heterocycles. The first-order valence-corrected chi connectivity index (χ1v) is 10.9. The number of nitrogen functional groups attached to an aromatic ring is 1. The number of sulfonamides is 1. The molecule has 1 aromatic carbocycles. The molecule has 2 heterocycles. The lowest BCUT2D eigenvalue weighted by Gasteiger charge is -2.20. The Hall–Kier alpha value is -1.62. The Labute approximate surface area is 161 Å². The van der Waals surface area contributed by atoms with Crippen LogP contribution in [0.25, 0.3) is 0 Å². The number of halogens is 1. The summed E-state index contributed by atoms with van der Waals surface area (Å²) in [5.41, 5.74) is 6.48. The fourth-order valence-corrected chi connectivity index (χ4v) is 6.13. The van der Waals surface area contributed by atoms with Crippen molar-refractivity contribution in [1.29, 1.82) is 0 Å². The SMILES string of the molecule is CN(Cc1nc(N)nc(Nc2ccc(Cl)cc2)n1)S(=O)(=O)C1CCCS1. The van der Waals surface area contributed by atoms with Gasteiger partial charge in [-0.1, -0.05) is 11.6 Å². The average molecular weight is 415 g/mol. The lowest BCUT2D eigenvalue weighted by Crippen LogP contribution is -2.33. The predicted octanol–water partition coefficient (Wildman–Crippen LogP) is 2.47. The summed E-state index contributed by atoms with van der Waals surface area (Å²) in [5, 5.41) is 3.62. The molecule has 1 fully saturated rings. The molecule has 11 heteroatoms. The molecule has 1 aliphatic rings. The highest BCUT2D eigenvalue weighted by atomic mass is 35.5. The summed E-state index contributed by atoms with van der Waals surface area (Å²) in [6, 6.07) is 7.01. The second-order valence-corrected chi connectivity index (χ2v) is 10.1. The molecule has 0 radical (unpaired) electrons. The van der Waals surface area contributed by atoms with E-state index in [0.29, 0.717) is 11.4 Å². The normalized spacial score (nSPS) is 17.6. The van der Waals surface area contributed by atoms with Gasteiger partial charge in [-0.3, -0.25) is 0 Å². The fourth-order valence-electron chi connectivity index (χ4n) is 2.50. The maximum Gasteiger partial charge on any atom is 0.232 e. The zero-order chi connectivity index (χ0) is 18.7. The van der Waals surface area contributed by atoms with Crippen LogP contribution in [0, 0.1) is 0 Å². The molecule has 140 valence electrons. The molecule has 0 saturated carbocycles. The molecule has 3 rings (SSSR count). The Balaban J connectivity index is 1.75. The minimum Gasteiger partial charge on any atom is -0.368 e. The van der Waals surface area contributed by atoms with Crippen LogP contribution in [0.5, 0.6) is 0 Å². The first kappa shape index (κ1) is 19.2. The molecule has 1 unspecified atom stereocenters. The van der Waals surface area contributed by atoms with Gasteiger partial charge in [-0.25, -0.2) is 8.42 Å². The van der Waals surface area contributed by atoms with E-state index in [-0.39, 0.29) is 24.3 Å². The van der Waals surface area contributed by atoms with Crippen molar-refractivity contribution in [3.63, 3.8) is 0 Å². The molecule has 0 spiro atoms. The monoisotopic (exact) mass is 414 g/mol. The predicted molar refractivity (Wildman–Crippen MR) is 105 cm³/mol. The molecule has 3 N–H and O–H groups in total. The molecule has 2 aromatic rings. The highest BCUT2D eigenvalue weighted by Crippen LogP contribution is 2.32. The van der Waals surface area contributed by atoms with Crippen molar-refractivity contribution >= 4 is 51.0 Å². The summed E-state index contributed by atoms with van der Waals surface area (Å²) in [6.07, 6.45) is 1.58. The van der Waals surface area contributed by atoms with E-state index in [2.05, 4.69) is 20.3 Å². The van der Waals surface area contributed by atoms with Gasteiger partial charge in [0.15, 0.2) is 5.82 Å². The smallest absolute Gasteiger partial charge is 0.232 e. The molecule has 0 bridgehead atoms. The number of nitrogens with zero attached hydrogens (tertiary/aromatic N) is 4. The number of anilines is 3. The zero-order valence-corrected chi connectivity index (χ0v) is 16.5. The number of hydrogen-bond donors (Lipinski definition) is 2. The van der Waals surface area contributed by atoms with Crippen LogP contribution in [0.2, 0.25) is 5.02 Å². The van der Waals surface area contributed by atoms with Gasteiger partial charge in [-0.2, -0.15) is 19.3 Å². The lowest BCUT2D eigenvalue weighted by atomic mass is 10.3. The van der Waals surface area contributed by atoms with E-state index in [0.717, 1.165) is 17.9 Å². The van der Waals surface area contributed by atoms with Crippen LogP contribution in [0.3, 0.4) is 0 Å². The van der Waals surface area contributed by atoms with E-state index < -0.39 is 14.6 Å². The standard InChI is InChI=1S/C15H19ClN6O2S2/c1-22(26(23,24)13-3-2-8-25-13)9-12-19-14(17)21-15(20-12)18-11-6-4-10(16)5-7-11/h4-7,13H,2-3,8-9H2,1H3,(H3,17,18,19,20,21). The first-order chi connectivity index (χ1) is 12.3. The highest BCUT2D eigenvalue weighted by Gasteiger charge is 2.33. The van der Waals surface area contributed by atoms with Gasteiger partial charge in [-0.15, -0.1) is 11.8 Å². The van der Waals surface area contributed by atoms with Gasteiger partial charge in [0.05, 0.1) is 6.54 Å². The van der Waals surface area contributed by atoms with Crippen molar-refractivity contribution in [1.82, 2.24) is 19.3 Å². The molecule has 26 heavy (non-hydrogen) atoms. The van der Waals surface area contributed by atoms with Gasteiger partial charge >= 0.3 is 0 Å². The van der Waals surface area contributed by atoms with Gasteiger partial charge in [0.2, 0.25) is 21.9 Å². The molecule has 0 amide bonds. The van der Waals surface area contributed by atoms with Gasteiger partial charge in [0.1, 0.15) is 4.58 Å². The van der Waals surface area contributed by atoms with Crippen molar-refractivity contribution in [2.75, 3.05) is 23.9 Å².